The summed E-state index contributed by atoms with van der Waals surface area (Å²) in [6.45, 7) is 2.49. The van der Waals surface area contributed by atoms with Gasteiger partial charge in [-0.2, -0.15) is 0 Å². The van der Waals surface area contributed by atoms with Crippen molar-refractivity contribution in [1.82, 2.24) is 4.98 Å². The monoisotopic (exact) mass is 285 g/mol. The van der Waals surface area contributed by atoms with E-state index in [1.807, 2.05) is 6.92 Å². The van der Waals surface area contributed by atoms with Gasteiger partial charge in [-0.1, -0.05) is 6.07 Å². The molecule has 0 bridgehead atoms. The first-order valence-electron chi connectivity index (χ1n) is 7.41. The minimum Gasteiger partial charge on any atom is -0.493 e. The number of carbonyl (C=O) groups excluding carboxylic acids is 1. The van der Waals surface area contributed by atoms with Crippen LogP contribution in [0, 0.1) is 0 Å². The molecule has 2 aromatic rings. The summed E-state index contributed by atoms with van der Waals surface area (Å²) in [5.41, 5.74) is 3.79. The summed E-state index contributed by atoms with van der Waals surface area (Å²) in [7, 11) is 1.37. The van der Waals surface area contributed by atoms with Gasteiger partial charge in [0.1, 0.15) is 5.75 Å². The van der Waals surface area contributed by atoms with Gasteiger partial charge in [0.15, 0.2) is 5.69 Å². The molecule has 1 aliphatic rings. The van der Waals surface area contributed by atoms with E-state index in [1.54, 1.807) is 6.07 Å². The van der Waals surface area contributed by atoms with Gasteiger partial charge in [0.25, 0.3) is 0 Å². The van der Waals surface area contributed by atoms with Crippen LogP contribution in [0.5, 0.6) is 5.75 Å². The molecule has 0 atom stereocenters. The molecule has 0 amide bonds. The topological polar surface area (TPSA) is 48.4 Å². The summed E-state index contributed by atoms with van der Waals surface area (Å²) in [5.74, 6) is 0.280. The average molecular weight is 285 g/mol. The lowest BCUT2D eigenvalue weighted by Crippen LogP contribution is -2.09. The molecule has 1 heterocycles. The fraction of sp³-hybridized carbons (Fsp3) is 0.412. The van der Waals surface area contributed by atoms with Gasteiger partial charge in [-0.3, -0.25) is 0 Å². The molecule has 4 heteroatoms. The molecule has 0 radical (unpaired) electrons. The van der Waals surface area contributed by atoms with Gasteiger partial charge in [-0.05, 0) is 49.8 Å². The Labute approximate surface area is 124 Å². The van der Waals surface area contributed by atoms with Gasteiger partial charge in [-0.15, -0.1) is 0 Å². The number of pyridine rings is 1. The van der Waals surface area contributed by atoms with Crippen LogP contribution >= 0.6 is 0 Å². The molecule has 110 valence electrons. The van der Waals surface area contributed by atoms with Crippen molar-refractivity contribution in [3.8, 4) is 5.75 Å². The zero-order valence-corrected chi connectivity index (χ0v) is 12.4. The Morgan fingerprint density at radius 1 is 1.29 bits per heavy atom. The standard InChI is InChI=1S/C17H19NO3/c1-3-21-15-10-14(17(19)20-2)18-16-12-7-5-4-6-11(12)8-9-13(15)16/h8-10H,3-7H2,1-2H3. The number of aromatic nitrogens is 1. The first-order valence-corrected chi connectivity index (χ1v) is 7.41. The lowest BCUT2D eigenvalue weighted by molar-refractivity contribution is 0.0594. The number of ether oxygens (including phenoxy) is 2. The van der Waals surface area contributed by atoms with E-state index in [0.29, 0.717) is 18.1 Å². The van der Waals surface area contributed by atoms with Crippen molar-refractivity contribution >= 4 is 16.9 Å². The van der Waals surface area contributed by atoms with Crippen molar-refractivity contribution in [3.05, 3.63) is 35.0 Å². The van der Waals surface area contributed by atoms with Crippen LogP contribution in [0.15, 0.2) is 18.2 Å². The van der Waals surface area contributed by atoms with E-state index in [1.165, 1.54) is 31.1 Å². The second kappa shape index (κ2) is 5.72. The van der Waals surface area contributed by atoms with Gasteiger partial charge in [0.05, 0.1) is 19.2 Å². The smallest absolute Gasteiger partial charge is 0.356 e. The Hall–Kier alpha value is -2.10. The number of hydrogen-bond donors (Lipinski definition) is 0. The molecule has 1 aromatic carbocycles. The Morgan fingerprint density at radius 2 is 2.10 bits per heavy atom. The maximum Gasteiger partial charge on any atom is 0.356 e. The summed E-state index contributed by atoms with van der Waals surface area (Å²) >= 11 is 0. The second-order valence-corrected chi connectivity index (χ2v) is 5.24. The summed E-state index contributed by atoms with van der Waals surface area (Å²) in [4.78, 5) is 16.4. The molecule has 0 N–H and O–H groups in total. The number of aryl methyl sites for hydroxylation is 2. The highest BCUT2D eigenvalue weighted by Crippen LogP contribution is 2.33. The van der Waals surface area contributed by atoms with Crippen LogP contribution in [0.1, 0.15) is 41.4 Å². The number of fused-ring (bicyclic) bond motifs is 3. The van der Waals surface area contributed by atoms with E-state index < -0.39 is 5.97 Å². The second-order valence-electron chi connectivity index (χ2n) is 5.24. The predicted molar refractivity (Wildman–Crippen MR) is 80.9 cm³/mol. The Morgan fingerprint density at radius 3 is 2.86 bits per heavy atom. The highest BCUT2D eigenvalue weighted by Gasteiger charge is 2.19. The number of nitrogens with zero attached hydrogens (tertiary/aromatic N) is 1. The Balaban J connectivity index is 2.26. The molecule has 1 aromatic heterocycles. The maximum absolute atomic E-state index is 11.8. The van der Waals surface area contributed by atoms with Crippen molar-refractivity contribution in [1.29, 1.82) is 0 Å². The molecule has 0 aliphatic heterocycles. The van der Waals surface area contributed by atoms with Gasteiger partial charge in [-0.25, -0.2) is 9.78 Å². The number of esters is 1. The van der Waals surface area contributed by atoms with Crippen LogP contribution in [-0.4, -0.2) is 24.7 Å². The molecular weight excluding hydrogens is 266 g/mol. The van der Waals surface area contributed by atoms with E-state index in [2.05, 4.69) is 17.1 Å². The number of carbonyl (C=O) groups is 1. The zero-order valence-electron chi connectivity index (χ0n) is 12.4. The van der Waals surface area contributed by atoms with E-state index in [0.717, 1.165) is 23.7 Å². The Kier molecular flexibility index (Phi) is 3.78. The molecule has 21 heavy (non-hydrogen) atoms. The van der Waals surface area contributed by atoms with Crippen LogP contribution < -0.4 is 4.74 Å². The van der Waals surface area contributed by atoms with Crippen molar-refractivity contribution in [2.24, 2.45) is 0 Å². The first-order chi connectivity index (χ1) is 10.2. The summed E-state index contributed by atoms with van der Waals surface area (Å²) < 4.78 is 10.5. The zero-order chi connectivity index (χ0) is 14.8. The quantitative estimate of drug-likeness (QED) is 0.812. The molecule has 0 saturated heterocycles. The molecule has 0 spiro atoms. The van der Waals surface area contributed by atoms with Crippen LogP contribution in [0.4, 0.5) is 0 Å². The SMILES string of the molecule is CCOc1cc(C(=O)OC)nc2c3c(ccc12)CCCC3. The van der Waals surface area contributed by atoms with E-state index in [4.69, 9.17) is 9.47 Å². The Bertz CT molecular complexity index is 694. The summed E-state index contributed by atoms with van der Waals surface area (Å²) in [6, 6.07) is 5.89. The molecule has 0 saturated carbocycles. The van der Waals surface area contributed by atoms with E-state index >= 15 is 0 Å². The lowest BCUT2D eigenvalue weighted by atomic mass is 9.89. The van der Waals surface area contributed by atoms with Gasteiger partial charge < -0.3 is 9.47 Å². The van der Waals surface area contributed by atoms with Gasteiger partial charge in [0.2, 0.25) is 0 Å². The molecule has 4 nitrogen and oxygen atoms in total. The van der Waals surface area contributed by atoms with Crippen molar-refractivity contribution < 1.29 is 14.3 Å². The van der Waals surface area contributed by atoms with Crippen molar-refractivity contribution in [3.63, 3.8) is 0 Å². The number of benzene rings is 1. The summed E-state index contributed by atoms with van der Waals surface area (Å²) in [6.07, 6.45) is 4.48. The lowest BCUT2D eigenvalue weighted by Gasteiger charge is -2.19. The largest absolute Gasteiger partial charge is 0.493 e. The molecular formula is C17H19NO3. The maximum atomic E-state index is 11.8. The van der Waals surface area contributed by atoms with Gasteiger partial charge >= 0.3 is 5.97 Å². The van der Waals surface area contributed by atoms with Crippen LogP contribution in [0.3, 0.4) is 0 Å². The van der Waals surface area contributed by atoms with Crippen LogP contribution in [-0.2, 0) is 17.6 Å². The third-order valence-electron chi connectivity index (χ3n) is 3.96. The highest BCUT2D eigenvalue weighted by molar-refractivity contribution is 5.95. The summed E-state index contributed by atoms with van der Waals surface area (Å²) in [5, 5.41) is 0.977. The van der Waals surface area contributed by atoms with Crippen molar-refractivity contribution in [2.75, 3.05) is 13.7 Å². The fourth-order valence-electron chi connectivity index (χ4n) is 2.97. The highest BCUT2D eigenvalue weighted by atomic mass is 16.5. The van der Waals surface area contributed by atoms with E-state index in [9.17, 15) is 4.79 Å². The minimum absolute atomic E-state index is 0.312. The number of hydrogen-bond acceptors (Lipinski definition) is 4. The molecule has 3 rings (SSSR count). The molecule has 0 fully saturated rings. The minimum atomic E-state index is -0.425. The van der Waals surface area contributed by atoms with Crippen LogP contribution in [0.25, 0.3) is 10.9 Å². The van der Waals surface area contributed by atoms with Crippen molar-refractivity contribution in [2.45, 2.75) is 32.6 Å². The third kappa shape index (κ3) is 2.46. The van der Waals surface area contributed by atoms with Gasteiger partial charge in [0, 0.05) is 11.5 Å². The molecule has 1 aliphatic carbocycles. The van der Waals surface area contributed by atoms with Crippen LogP contribution in [0.2, 0.25) is 0 Å². The predicted octanol–water partition coefficient (Wildman–Crippen LogP) is 3.30. The molecule has 0 unspecified atom stereocenters. The fourth-order valence-corrected chi connectivity index (χ4v) is 2.97. The average Bonchev–Trinajstić information content (AvgIpc) is 2.54. The number of rotatable bonds is 3. The van der Waals surface area contributed by atoms with E-state index in [-0.39, 0.29) is 0 Å². The number of methoxy groups -OCH3 is 1. The normalized spacial score (nSPS) is 13.8. The first kappa shape index (κ1) is 13.9. The third-order valence-corrected chi connectivity index (χ3v) is 3.96.